The normalized spacial score (nSPS) is 16.3. The maximum atomic E-state index is 12.8. The fourth-order valence-electron chi connectivity index (χ4n) is 2.24. The van der Waals surface area contributed by atoms with Crippen LogP contribution in [0.25, 0.3) is 6.08 Å². The number of carbonyl (C=O) groups is 1. The van der Waals surface area contributed by atoms with Gasteiger partial charge < -0.3 is 4.74 Å². The van der Waals surface area contributed by atoms with Crippen LogP contribution in [0, 0.1) is 0 Å². The Morgan fingerprint density at radius 2 is 1.87 bits per heavy atom. The Labute approximate surface area is 152 Å². The van der Waals surface area contributed by atoms with E-state index < -0.39 is 0 Å². The number of ether oxygens (including phenoxy) is 1. The van der Waals surface area contributed by atoms with E-state index in [-0.39, 0.29) is 5.91 Å². The maximum Gasteiger partial charge on any atom is 0.270 e. The number of thiocarbonyl (C=S) groups is 1. The highest BCUT2D eigenvalue weighted by Gasteiger charge is 2.34. The Balaban J connectivity index is 1.99. The number of hydrogen-bond donors (Lipinski definition) is 0. The quantitative estimate of drug-likeness (QED) is 0.538. The minimum absolute atomic E-state index is 0.127. The average molecular weight is 406 g/mol. The second-order valence-corrected chi connectivity index (χ2v) is 7.24. The standard InChI is InChI=1S/C17H12BrNO2S2/c1-21-14-9-5-2-6-11(14)10-15-16(20)19(17(22)23-15)13-8-4-3-7-12(13)18/h2-10H,1H3/b15-10-. The monoisotopic (exact) mass is 405 g/mol. The lowest BCUT2D eigenvalue weighted by molar-refractivity contribution is -0.113. The largest absolute Gasteiger partial charge is 0.496 e. The number of halogens is 1. The van der Waals surface area contributed by atoms with E-state index in [0.717, 1.165) is 21.5 Å². The molecule has 23 heavy (non-hydrogen) atoms. The summed E-state index contributed by atoms with van der Waals surface area (Å²) in [6, 6.07) is 15.1. The van der Waals surface area contributed by atoms with Crippen LogP contribution in [-0.2, 0) is 4.79 Å². The molecule has 1 fully saturated rings. The van der Waals surface area contributed by atoms with Crippen molar-refractivity contribution < 1.29 is 9.53 Å². The lowest BCUT2D eigenvalue weighted by Crippen LogP contribution is -2.27. The Hall–Kier alpha value is -1.63. The van der Waals surface area contributed by atoms with Crippen LogP contribution in [0.15, 0.2) is 57.9 Å². The fourth-order valence-corrected chi connectivity index (χ4v) is 3.97. The summed E-state index contributed by atoms with van der Waals surface area (Å²) in [6.45, 7) is 0. The van der Waals surface area contributed by atoms with Gasteiger partial charge in [-0.3, -0.25) is 9.69 Å². The van der Waals surface area contributed by atoms with E-state index in [4.69, 9.17) is 17.0 Å². The van der Waals surface area contributed by atoms with Crippen LogP contribution in [0.1, 0.15) is 5.56 Å². The lowest BCUT2D eigenvalue weighted by atomic mass is 10.2. The molecular formula is C17H12BrNO2S2. The summed E-state index contributed by atoms with van der Waals surface area (Å²) in [6.07, 6.45) is 1.81. The van der Waals surface area contributed by atoms with E-state index in [1.807, 2.05) is 54.6 Å². The van der Waals surface area contributed by atoms with Crippen LogP contribution in [-0.4, -0.2) is 17.3 Å². The van der Waals surface area contributed by atoms with Crippen molar-refractivity contribution >= 4 is 61.9 Å². The highest BCUT2D eigenvalue weighted by Crippen LogP contribution is 2.39. The molecule has 2 aromatic carbocycles. The molecule has 0 saturated carbocycles. The van der Waals surface area contributed by atoms with Gasteiger partial charge in [0.1, 0.15) is 5.75 Å². The zero-order valence-electron chi connectivity index (χ0n) is 12.2. The van der Waals surface area contributed by atoms with Crippen molar-refractivity contribution in [1.82, 2.24) is 0 Å². The molecule has 0 radical (unpaired) electrons. The van der Waals surface area contributed by atoms with Crippen LogP contribution in [0.2, 0.25) is 0 Å². The predicted octanol–water partition coefficient (Wildman–Crippen LogP) is 4.86. The van der Waals surface area contributed by atoms with Gasteiger partial charge in [-0.25, -0.2) is 0 Å². The predicted molar refractivity (Wildman–Crippen MR) is 103 cm³/mol. The summed E-state index contributed by atoms with van der Waals surface area (Å²) in [4.78, 5) is 14.9. The topological polar surface area (TPSA) is 29.5 Å². The van der Waals surface area contributed by atoms with E-state index >= 15 is 0 Å². The van der Waals surface area contributed by atoms with Gasteiger partial charge in [-0.2, -0.15) is 0 Å². The van der Waals surface area contributed by atoms with Crippen LogP contribution < -0.4 is 9.64 Å². The Bertz CT molecular complexity index is 820. The second kappa shape index (κ2) is 6.86. The number of nitrogens with zero attached hydrogens (tertiary/aromatic N) is 1. The number of benzene rings is 2. The third kappa shape index (κ3) is 3.20. The molecule has 0 aliphatic carbocycles. The number of carbonyl (C=O) groups excluding carboxylic acids is 1. The van der Waals surface area contributed by atoms with Crippen LogP contribution >= 0.6 is 39.9 Å². The second-order valence-electron chi connectivity index (χ2n) is 4.71. The van der Waals surface area contributed by atoms with E-state index in [9.17, 15) is 4.79 Å². The summed E-state index contributed by atoms with van der Waals surface area (Å²) >= 11 is 10.1. The van der Waals surface area contributed by atoms with Gasteiger partial charge in [0.05, 0.1) is 17.7 Å². The molecule has 1 aliphatic heterocycles. The van der Waals surface area contributed by atoms with E-state index in [1.165, 1.54) is 11.8 Å². The molecule has 0 spiro atoms. The number of hydrogen-bond acceptors (Lipinski definition) is 4. The zero-order chi connectivity index (χ0) is 16.4. The molecule has 0 atom stereocenters. The summed E-state index contributed by atoms with van der Waals surface area (Å²) in [5.41, 5.74) is 1.60. The van der Waals surface area contributed by atoms with Gasteiger partial charge in [-0.15, -0.1) is 0 Å². The molecular weight excluding hydrogens is 394 g/mol. The van der Waals surface area contributed by atoms with Crippen molar-refractivity contribution in [2.45, 2.75) is 0 Å². The van der Waals surface area contributed by atoms with E-state index in [0.29, 0.717) is 9.23 Å². The summed E-state index contributed by atoms with van der Waals surface area (Å²) in [7, 11) is 1.61. The van der Waals surface area contributed by atoms with Gasteiger partial charge >= 0.3 is 0 Å². The summed E-state index contributed by atoms with van der Waals surface area (Å²) in [5, 5.41) is 0. The van der Waals surface area contributed by atoms with Crippen molar-refractivity contribution in [2.24, 2.45) is 0 Å². The van der Waals surface area contributed by atoms with Crippen molar-refractivity contribution in [2.75, 3.05) is 12.0 Å². The fraction of sp³-hybridized carbons (Fsp3) is 0.0588. The molecule has 0 N–H and O–H groups in total. The molecule has 116 valence electrons. The van der Waals surface area contributed by atoms with Gasteiger partial charge in [-0.05, 0) is 40.2 Å². The molecule has 1 saturated heterocycles. The molecule has 2 aromatic rings. The van der Waals surface area contributed by atoms with E-state index in [1.54, 1.807) is 12.0 Å². The highest BCUT2D eigenvalue weighted by molar-refractivity contribution is 9.10. The number of para-hydroxylation sites is 2. The van der Waals surface area contributed by atoms with Crippen molar-refractivity contribution in [3.8, 4) is 5.75 Å². The maximum absolute atomic E-state index is 12.8. The minimum Gasteiger partial charge on any atom is -0.496 e. The van der Waals surface area contributed by atoms with Gasteiger partial charge in [0.15, 0.2) is 4.32 Å². The van der Waals surface area contributed by atoms with Crippen molar-refractivity contribution in [1.29, 1.82) is 0 Å². The lowest BCUT2D eigenvalue weighted by Gasteiger charge is -2.15. The molecule has 3 rings (SSSR count). The van der Waals surface area contributed by atoms with Gasteiger partial charge in [-0.1, -0.05) is 54.3 Å². The third-order valence-electron chi connectivity index (χ3n) is 3.31. The van der Waals surface area contributed by atoms with Crippen LogP contribution in [0.4, 0.5) is 5.69 Å². The summed E-state index contributed by atoms with van der Waals surface area (Å²) < 4.78 is 6.67. The smallest absolute Gasteiger partial charge is 0.270 e. The molecule has 0 bridgehead atoms. The Kier molecular flexibility index (Phi) is 4.84. The summed E-state index contributed by atoms with van der Waals surface area (Å²) in [5.74, 6) is 0.594. The minimum atomic E-state index is -0.127. The molecule has 1 heterocycles. The van der Waals surface area contributed by atoms with Crippen LogP contribution in [0.3, 0.4) is 0 Å². The van der Waals surface area contributed by atoms with Crippen LogP contribution in [0.5, 0.6) is 5.75 Å². The van der Waals surface area contributed by atoms with Gasteiger partial charge in [0.2, 0.25) is 0 Å². The SMILES string of the molecule is COc1ccccc1/C=C1\SC(=S)N(c2ccccc2Br)C1=O. The number of amides is 1. The molecule has 6 heteroatoms. The Morgan fingerprint density at radius 1 is 1.17 bits per heavy atom. The number of rotatable bonds is 3. The number of thioether (sulfide) groups is 1. The molecule has 3 nitrogen and oxygen atoms in total. The van der Waals surface area contributed by atoms with Gasteiger partial charge in [0, 0.05) is 10.0 Å². The number of methoxy groups -OCH3 is 1. The first-order chi connectivity index (χ1) is 11.1. The molecule has 0 unspecified atom stereocenters. The van der Waals surface area contributed by atoms with Crippen molar-refractivity contribution in [3.63, 3.8) is 0 Å². The third-order valence-corrected chi connectivity index (χ3v) is 5.29. The zero-order valence-corrected chi connectivity index (χ0v) is 15.4. The van der Waals surface area contributed by atoms with E-state index in [2.05, 4.69) is 15.9 Å². The molecule has 1 amide bonds. The average Bonchev–Trinajstić information content (AvgIpc) is 2.83. The first kappa shape index (κ1) is 16.2. The molecule has 1 aliphatic rings. The van der Waals surface area contributed by atoms with Crippen molar-refractivity contribution in [3.05, 3.63) is 63.5 Å². The number of anilines is 1. The van der Waals surface area contributed by atoms with Gasteiger partial charge in [0.25, 0.3) is 5.91 Å². The highest BCUT2D eigenvalue weighted by atomic mass is 79.9. The first-order valence-electron chi connectivity index (χ1n) is 6.77. The first-order valence-corrected chi connectivity index (χ1v) is 8.79. The Morgan fingerprint density at radius 3 is 2.61 bits per heavy atom. The molecule has 0 aromatic heterocycles.